The summed E-state index contributed by atoms with van der Waals surface area (Å²) in [5.41, 5.74) is -0.242. The molecule has 2 N–H and O–H groups in total. The van der Waals surface area contributed by atoms with Crippen LogP contribution in [0.1, 0.15) is 37.4 Å². The largest absolute Gasteiger partial charge is 0.378 e. The fourth-order valence-electron chi connectivity index (χ4n) is 2.33. The highest BCUT2D eigenvalue weighted by molar-refractivity contribution is 5.83. The van der Waals surface area contributed by atoms with Crippen molar-refractivity contribution in [2.24, 2.45) is 0 Å². The number of rotatable bonds is 3. The lowest BCUT2D eigenvalue weighted by Gasteiger charge is -2.23. The highest BCUT2D eigenvalue weighted by atomic mass is 16.3. The summed E-state index contributed by atoms with van der Waals surface area (Å²) in [6, 6.07) is 10.9. The number of benzene rings is 1. The number of carbonyl (C=O) groups is 1. The van der Waals surface area contributed by atoms with Crippen LogP contribution in [0.4, 0.5) is 0 Å². The van der Waals surface area contributed by atoms with E-state index in [0.717, 1.165) is 12.8 Å². The second kappa shape index (κ2) is 5.19. The zero-order valence-corrected chi connectivity index (χ0v) is 10.1. The van der Waals surface area contributed by atoms with Gasteiger partial charge in [0, 0.05) is 0 Å². The van der Waals surface area contributed by atoms with Gasteiger partial charge in [-0.25, -0.2) is 0 Å². The van der Waals surface area contributed by atoms with Crippen molar-refractivity contribution in [3.05, 3.63) is 35.9 Å². The van der Waals surface area contributed by atoms with Gasteiger partial charge in [0.1, 0.15) is 5.54 Å². The fraction of sp³-hybridized carbons (Fsp3) is 0.429. The van der Waals surface area contributed by atoms with E-state index in [9.17, 15) is 15.2 Å². The standard InChI is InChI=1S/C14H16N2O2/c15-10-14(8-4-5-9-14)16-13(18)12(17)11-6-2-1-3-7-11/h1-3,6-7,12,17H,4-5,8-9H2,(H,16,18). The van der Waals surface area contributed by atoms with Gasteiger partial charge >= 0.3 is 0 Å². The van der Waals surface area contributed by atoms with Gasteiger partial charge in [0.05, 0.1) is 6.07 Å². The maximum Gasteiger partial charge on any atom is 0.254 e. The topological polar surface area (TPSA) is 73.1 Å². The van der Waals surface area contributed by atoms with E-state index in [4.69, 9.17) is 0 Å². The van der Waals surface area contributed by atoms with E-state index in [1.165, 1.54) is 0 Å². The molecule has 1 aliphatic rings. The zero-order valence-electron chi connectivity index (χ0n) is 10.1. The van der Waals surface area contributed by atoms with Gasteiger partial charge in [0.25, 0.3) is 5.91 Å². The Morgan fingerprint density at radius 3 is 2.50 bits per heavy atom. The number of nitrogens with one attached hydrogen (secondary N) is 1. The first kappa shape index (κ1) is 12.6. The summed E-state index contributed by atoms with van der Waals surface area (Å²) in [5.74, 6) is -0.496. The molecule has 1 saturated carbocycles. The monoisotopic (exact) mass is 244 g/mol. The van der Waals surface area contributed by atoms with E-state index in [0.29, 0.717) is 18.4 Å². The molecule has 0 aromatic heterocycles. The van der Waals surface area contributed by atoms with Gasteiger partial charge in [-0.3, -0.25) is 4.79 Å². The molecule has 1 aliphatic carbocycles. The highest BCUT2D eigenvalue weighted by Gasteiger charge is 2.36. The van der Waals surface area contributed by atoms with Gasteiger partial charge in [0.15, 0.2) is 6.10 Å². The summed E-state index contributed by atoms with van der Waals surface area (Å²) in [6.07, 6.45) is 2.00. The minimum Gasteiger partial charge on any atom is -0.378 e. The number of amides is 1. The van der Waals surface area contributed by atoms with Crippen molar-refractivity contribution in [1.82, 2.24) is 5.32 Å². The van der Waals surface area contributed by atoms with Gasteiger partial charge in [-0.15, -0.1) is 0 Å². The van der Waals surface area contributed by atoms with Crippen molar-refractivity contribution in [2.75, 3.05) is 0 Å². The summed E-state index contributed by atoms with van der Waals surface area (Å²) >= 11 is 0. The van der Waals surface area contributed by atoms with Crippen LogP contribution in [-0.4, -0.2) is 16.6 Å². The maximum absolute atomic E-state index is 12.0. The molecule has 0 aliphatic heterocycles. The van der Waals surface area contributed by atoms with Crippen molar-refractivity contribution < 1.29 is 9.90 Å². The van der Waals surface area contributed by atoms with Gasteiger partial charge in [0.2, 0.25) is 0 Å². The molecule has 1 atom stereocenters. The Labute approximate surface area is 106 Å². The summed E-state index contributed by atoms with van der Waals surface area (Å²) in [7, 11) is 0. The SMILES string of the molecule is N#CC1(NC(=O)C(O)c2ccccc2)CCCC1. The van der Waals surface area contributed by atoms with E-state index in [1.54, 1.807) is 24.3 Å². The molecule has 4 heteroatoms. The van der Waals surface area contributed by atoms with Crippen LogP contribution in [0.2, 0.25) is 0 Å². The second-order valence-corrected chi connectivity index (χ2v) is 4.70. The Hall–Kier alpha value is -1.86. The van der Waals surface area contributed by atoms with Crippen LogP contribution >= 0.6 is 0 Å². The van der Waals surface area contributed by atoms with Crippen LogP contribution in [-0.2, 0) is 4.79 Å². The number of aliphatic hydroxyl groups excluding tert-OH is 1. The molecule has 0 spiro atoms. The lowest BCUT2D eigenvalue weighted by molar-refractivity contribution is -0.131. The van der Waals surface area contributed by atoms with Crippen LogP contribution in [0.5, 0.6) is 0 Å². The second-order valence-electron chi connectivity index (χ2n) is 4.70. The Bertz CT molecular complexity index is 458. The molecule has 2 rings (SSSR count). The van der Waals surface area contributed by atoms with Gasteiger partial charge < -0.3 is 10.4 Å². The molecule has 1 amide bonds. The van der Waals surface area contributed by atoms with E-state index < -0.39 is 17.6 Å². The molecule has 1 aromatic rings. The Balaban J connectivity index is 2.06. The Kier molecular flexibility index (Phi) is 3.63. The van der Waals surface area contributed by atoms with E-state index >= 15 is 0 Å². The Morgan fingerprint density at radius 2 is 1.94 bits per heavy atom. The highest BCUT2D eigenvalue weighted by Crippen LogP contribution is 2.29. The van der Waals surface area contributed by atoms with Gasteiger partial charge in [-0.05, 0) is 31.2 Å². The van der Waals surface area contributed by atoms with Crippen molar-refractivity contribution in [3.63, 3.8) is 0 Å². The molecule has 0 radical (unpaired) electrons. The first-order chi connectivity index (χ1) is 8.67. The number of nitriles is 1. The lowest BCUT2D eigenvalue weighted by atomic mass is 9.98. The average molecular weight is 244 g/mol. The average Bonchev–Trinajstić information content (AvgIpc) is 2.88. The van der Waals surface area contributed by atoms with Crippen molar-refractivity contribution >= 4 is 5.91 Å². The minimum atomic E-state index is -1.21. The number of aliphatic hydroxyl groups is 1. The van der Waals surface area contributed by atoms with Crippen LogP contribution in [0.3, 0.4) is 0 Å². The molecule has 1 unspecified atom stereocenters. The van der Waals surface area contributed by atoms with Crippen molar-refractivity contribution in [2.45, 2.75) is 37.3 Å². The minimum absolute atomic E-state index is 0.496. The zero-order chi connectivity index (χ0) is 13.0. The molecule has 0 heterocycles. The van der Waals surface area contributed by atoms with Crippen LogP contribution in [0.15, 0.2) is 30.3 Å². The molecule has 0 saturated heterocycles. The smallest absolute Gasteiger partial charge is 0.254 e. The molecule has 94 valence electrons. The first-order valence-electron chi connectivity index (χ1n) is 6.13. The van der Waals surface area contributed by atoms with E-state index in [2.05, 4.69) is 11.4 Å². The predicted molar refractivity (Wildman–Crippen MR) is 66.4 cm³/mol. The summed E-state index contributed by atoms with van der Waals surface area (Å²) in [5, 5.41) is 21.8. The van der Waals surface area contributed by atoms with Crippen molar-refractivity contribution in [1.29, 1.82) is 5.26 Å². The number of nitrogens with zero attached hydrogens (tertiary/aromatic N) is 1. The van der Waals surface area contributed by atoms with Crippen LogP contribution < -0.4 is 5.32 Å². The number of carbonyl (C=O) groups excluding carboxylic acids is 1. The summed E-state index contributed by atoms with van der Waals surface area (Å²) < 4.78 is 0. The number of hydrogen-bond acceptors (Lipinski definition) is 3. The van der Waals surface area contributed by atoms with Gasteiger partial charge in [-0.2, -0.15) is 5.26 Å². The van der Waals surface area contributed by atoms with Crippen LogP contribution in [0.25, 0.3) is 0 Å². The Morgan fingerprint density at radius 1 is 1.33 bits per heavy atom. The summed E-state index contributed by atoms with van der Waals surface area (Å²) in [6.45, 7) is 0. The molecule has 1 aromatic carbocycles. The predicted octanol–water partition coefficient (Wildman–Crippen LogP) is 1.67. The van der Waals surface area contributed by atoms with Crippen LogP contribution in [0, 0.1) is 11.3 Å². The van der Waals surface area contributed by atoms with Crippen molar-refractivity contribution in [3.8, 4) is 6.07 Å². The molecular weight excluding hydrogens is 228 g/mol. The van der Waals surface area contributed by atoms with E-state index in [-0.39, 0.29) is 0 Å². The molecule has 1 fully saturated rings. The maximum atomic E-state index is 12.0. The molecule has 18 heavy (non-hydrogen) atoms. The first-order valence-corrected chi connectivity index (χ1v) is 6.13. The number of hydrogen-bond donors (Lipinski definition) is 2. The molecule has 4 nitrogen and oxygen atoms in total. The molecular formula is C14H16N2O2. The normalized spacial score (nSPS) is 18.9. The molecule has 0 bridgehead atoms. The lowest BCUT2D eigenvalue weighted by Crippen LogP contribution is -2.47. The quantitative estimate of drug-likeness (QED) is 0.849. The summed E-state index contributed by atoms with van der Waals surface area (Å²) in [4.78, 5) is 12.0. The van der Waals surface area contributed by atoms with Gasteiger partial charge in [-0.1, -0.05) is 30.3 Å². The fourth-order valence-corrected chi connectivity index (χ4v) is 2.33. The third-order valence-corrected chi connectivity index (χ3v) is 3.40. The third kappa shape index (κ3) is 2.52. The third-order valence-electron chi connectivity index (χ3n) is 3.40. The van der Waals surface area contributed by atoms with E-state index in [1.807, 2.05) is 6.07 Å².